The van der Waals surface area contributed by atoms with Crippen molar-refractivity contribution in [3.05, 3.63) is 53.8 Å². The van der Waals surface area contributed by atoms with Crippen LogP contribution < -0.4 is 5.32 Å². The minimum Gasteiger partial charge on any atom is -0.481 e. The molecular weight excluding hydrogens is 423 g/mol. The number of halogens is 1. The summed E-state index contributed by atoms with van der Waals surface area (Å²) in [4.78, 5) is 23.9. The van der Waals surface area contributed by atoms with Crippen LogP contribution in [-0.4, -0.2) is 41.7 Å². The third-order valence-electron chi connectivity index (χ3n) is 7.22. The topological polar surface area (TPSA) is 108 Å². The predicted molar refractivity (Wildman–Crippen MR) is 119 cm³/mol. The lowest BCUT2D eigenvalue weighted by Gasteiger charge is -2.44. The molecule has 0 amide bonds. The predicted octanol–water partition coefficient (Wildman–Crippen LogP) is 4.12. The first kappa shape index (κ1) is 18.8. The summed E-state index contributed by atoms with van der Waals surface area (Å²) >= 11 is 0. The van der Waals surface area contributed by atoms with Crippen LogP contribution in [0.3, 0.4) is 0 Å². The molecule has 4 aliphatic rings. The summed E-state index contributed by atoms with van der Waals surface area (Å²) in [5, 5.41) is 18.6. The van der Waals surface area contributed by atoms with Crippen molar-refractivity contribution in [2.45, 2.75) is 37.6 Å². The number of aromatic nitrogens is 5. The molecule has 0 radical (unpaired) electrons. The highest BCUT2D eigenvalue weighted by Crippen LogP contribution is 2.46. The van der Waals surface area contributed by atoms with Gasteiger partial charge in [0.1, 0.15) is 17.0 Å². The minimum absolute atomic E-state index is 0.243. The van der Waals surface area contributed by atoms with Crippen molar-refractivity contribution in [1.29, 1.82) is 0 Å². The van der Waals surface area contributed by atoms with Gasteiger partial charge in [0.2, 0.25) is 0 Å². The van der Waals surface area contributed by atoms with Gasteiger partial charge in [-0.3, -0.25) is 4.79 Å². The minimum atomic E-state index is -0.827. The summed E-state index contributed by atoms with van der Waals surface area (Å²) in [6.45, 7) is 0. The SMILES string of the molecule is O=C(O)[C@H]1C=C2CC(C2)[C@@H]1Nc1nc(-c2c[nH]c3ncc(F)cc23)nn2cc(C3CC3)cc12. The van der Waals surface area contributed by atoms with E-state index in [1.54, 1.807) is 6.20 Å². The van der Waals surface area contributed by atoms with E-state index in [-0.39, 0.29) is 12.0 Å². The van der Waals surface area contributed by atoms with Crippen molar-refractivity contribution in [3.63, 3.8) is 0 Å². The van der Waals surface area contributed by atoms with E-state index in [2.05, 4.69) is 21.4 Å². The monoisotopic (exact) mass is 444 g/mol. The summed E-state index contributed by atoms with van der Waals surface area (Å²) in [6.07, 6.45) is 11.0. The van der Waals surface area contributed by atoms with E-state index < -0.39 is 17.7 Å². The molecule has 4 aromatic heterocycles. The maximum absolute atomic E-state index is 13.9. The number of H-pyrrole nitrogens is 1. The third kappa shape index (κ3) is 2.95. The quantitative estimate of drug-likeness (QED) is 0.400. The van der Waals surface area contributed by atoms with Crippen LogP contribution in [0.1, 0.15) is 37.2 Å². The molecule has 0 spiro atoms. The molecule has 8 nitrogen and oxygen atoms in total. The molecule has 33 heavy (non-hydrogen) atoms. The van der Waals surface area contributed by atoms with Crippen LogP contribution >= 0.6 is 0 Å². The fraction of sp³-hybridized carbons (Fsp3) is 0.333. The highest BCUT2D eigenvalue weighted by Gasteiger charge is 2.43. The normalized spacial score (nSPS) is 24.0. The number of nitrogens with one attached hydrogen (secondary N) is 2. The number of carboxylic acids is 1. The number of rotatable bonds is 5. The van der Waals surface area contributed by atoms with Crippen molar-refractivity contribution in [1.82, 2.24) is 24.6 Å². The van der Waals surface area contributed by atoms with Gasteiger partial charge in [0, 0.05) is 29.4 Å². The van der Waals surface area contributed by atoms with E-state index in [0.717, 1.165) is 31.2 Å². The Kier molecular flexibility index (Phi) is 3.77. The standard InChI is InChI=1S/C24H21FN6O2/c25-15-7-16-18(9-27-21(16)26-8-15)22-29-23(19-6-14(12-1-2-12)10-31(19)30-22)28-20-13-3-11(4-13)5-17(20)24(32)33/h5-10,12-13,17,20H,1-4H2,(H,26,27)(H,32,33)(H,28,29,30)/t17-,20-/m0/s1. The Morgan fingerprint density at radius 3 is 2.91 bits per heavy atom. The molecule has 166 valence electrons. The second kappa shape index (κ2) is 6.63. The number of aliphatic carboxylic acids is 1. The van der Waals surface area contributed by atoms with Crippen molar-refractivity contribution < 1.29 is 14.3 Å². The van der Waals surface area contributed by atoms with Gasteiger partial charge >= 0.3 is 5.97 Å². The lowest BCUT2D eigenvalue weighted by molar-refractivity contribution is -0.141. The number of hydrogen-bond acceptors (Lipinski definition) is 5. The van der Waals surface area contributed by atoms with E-state index in [9.17, 15) is 14.3 Å². The largest absolute Gasteiger partial charge is 0.481 e. The van der Waals surface area contributed by atoms with Crippen LogP contribution in [-0.2, 0) is 4.79 Å². The Morgan fingerprint density at radius 2 is 2.12 bits per heavy atom. The second-order valence-corrected chi connectivity index (χ2v) is 9.44. The van der Waals surface area contributed by atoms with Gasteiger partial charge in [-0.05, 0) is 55.2 Å². The maximum Gasteiger partial charge on any atom is 0.312 e. The van der Waals surface area contributed by atoms with Gasteiger partial charge in [0.25, 0.3) is 0 Å². The van der Waals surface area contributed by atoms with Gasteiger partial charge in [-0.2, -0.15) is 0 Å². The second-order valence-electron chi connectivity index (χ2n) is 9.44. The van der Waals surface area contributed by atoms with Gasteiger partial charge in [0.15, 0.2) is 11.6 Å². The van der Waals surface area contributed by atoms with E-state index in [4.69, 9.17) is 10.1 Å². The number of allylic oxidation sites excluding steroid dienone is 1. The molecule has 4 aromatic rings. The first-order chi connectivity index (χ1) is 16.0. The Morgan fingerprint density at radius 1 is 1.27 bits per heavy atom. The summed E-state index contributed by atoms with van der Waals surface area (Å²) in [5.41, 5.74) is 4.46. The molecule has 2 fully saturated rings. The smallest absolute Gasteiger partial charge is 0.312 e. The van der Waals surface area contributed by atoms with Gasteiger partial charge in [-0.1, -0.05) is 11.6 Å². The van der Waals surface area contributed by atoms with Crippen molar-refractivity contribution in [2.24, 2.45) is 11.8 Å². The zero-order valence-corrected chi connectivity index (χ0v) is 17.6. The first-order valence-electron chi connectivity index (χ1n) is 11.3. The number of pyridine rings is 1. The van der Waals surface area contributed by atoms with Crippen LogP contribution in [0.2, 0.25) is 0 Å². The average molecular weight is 444 g/mol. The molecule has 4 aliphatic carbocycles. The van der Waals surface area contributed by atoms with Crippen LogP contribution in [0.25, 0.3) is 27.9 Å². The Hall–Kier alpha value is -3.75. The average Bonchev–Trinajstić information content (AvgIpc) is 3.40. The molecule has 3 N–H and O–H groups in total. The molecule has 0 aromatic carbocycles. The molecule has 2 bridgehead atoms. The molecule has 2 saturated carbocycles. The molecule has 0 unspecified atom stereocenters. The summed E-state index contributed by atoms with van der Waals surface area (Å²) in [7, 11) is 0. The van der Waals surface area contributed by atoms with Crippen LogP contribution in [0.15, 0.2) is 42.4 Å². The van der Waals surface area contributed by atoms with E-state index in [1.807, 2.05) is 16.8 Å². The lowest BCUT2D eigenvalue weighted by atomic mass is 9.65. The number of nitrogens with zero attached hydrogens (tertiary/aromatic N) is 4. The van der Waals surface area contributed by atoms with Gasteiger partial charge in [0.05, 0.1) is 12.1 Å². The van der Waals surface area contributed by atoms with E-state index in [0.29, 0.717) is 34.2 Å². The van der Waals surface area contributed by atoms with Crippen molar-refractivity contribution in [2.75, 3.05) is 5.32 Å². The number of hydrogen-bond donors (Lipinski definition) is 3. The van der Waals surface area contributed by atoms with Crippen LogP contribution in [0.5, 0.6) is 0 Å². The molecule has 2 atom stereocenters. The van der Waals surface area contributed by atoms with Gasteiger partial charge in [-0.15, -0.1) is 5.10 Å². The number of carboxylic acid groups (broad SMARTS) is 1. The molecule has 0 aliphatic heterocycles. The van der Waals surface area contributed by atoms with Crippen molar-refractivity contribution >= 4 is 28.3 Å². The molecule has 4 heterocycles. The van der Waals surface area contributed by atoms with E-state index in [1.165, 1.54) is 23.4 Å². The third-order valence-corrected chi connectivity index (χ3v) is 7.22. The fourth-order valence-electron chi connectivity index (χ4n) is 5.29. The van der Waals surface area contributed by atoms with Crippen LogP contribution in [0, 0.1) is 17.7 Å². The zero-order chi connectivity index (χ0) is 22.3. The summed E-state index contributed by atoms with van der Waals surface area (Å²) in [6, 6.07) is 3.27. The highest BCUT2D eigenvalue weighted by atomic mass is 19.1. The molecular formula is C24H21FN6O2. The first-order valence-corrected chi connectivity index (χ1v) is 11.3. The molecule has 0 saturated heterocycles. The van der Waals surface area contributed by atoms with E-state index >= 15 is 0 Å². The van der Waals surface area contributed by atoms with Gasteiger partial charge < -0.3 is 15.4 Å². The highest BCUT2D eigenvalue weighted by molar-refractivity contribution is 5.92. The Balaban J connectivity index is 1.38. The number of aromatic amines is 1. The number of carbonyl (C=O) groups is 1. The Labute approximate surface area is 187 Å². The van der Waals surface area contributed by atoms with Crippen molar-refractivity contribution in [3.8, 4) is 11.4 Å². The Bertz CT molecular complexity index is 1480. The maximum atomic E-state index is 13.9. The summed E-state index contributed by atoms with van der Waals surface area (Å²) < 4.78 is 15.7. The lowest BCUT2D eigenvalue weighted by Crippen LogP contribution is -2.47. The fourth-order valence-corrected chi connectivity index (χ4v) is 5.29. The summed E-state index contributed by atoms with van der Waals surface area (Å²) in [5.74, 6) is -0.0116. The molecule has 8 rings (SSSR count). The van der Waals surface area contributed by atoms with Gasteiger partial charge in [-0.25, -0.2) is 18.9 Å². The number of anilines is 1. The number of fused-ring (bicyclic) bond motifs is 4. The van der Waals surface area contributed by atoms with Crippen LogP contribution in [0.4, 0.5) is 10.2 Å². The zero-order valence-electron chi connectivity index (χ0n) is 17.6. The molecule has 9 heteroatoms.